The molecule has 0 aliphatic heterocycles. The average molecular weight is 224 g/mol. The van der Waals surface area contributed by atoms with Gasteiger partial charge >= 0.3 is 0 Å². The molecular weight excluding hydrogens is 217 g/mol. The van der Waals surface area contributed by atoms with Gasteiger partial charge in [0.05, 0.1) is 10.0 Å². The zero-order valence-electron chi connectivity index (χ0n) is 6.60. The smallest absolute Gasteiger partial charge is 0.106 e. The largest absolute Gasteiger partial charge is 0.399 e. The molecule has 1 aromatic heterocycles. The van der Waals surface area contributed by atoms with Crippen molar-refractivity contribution in [1.29, 1.82) is 0 Å². The summed E-state index contributed by atoms with van der Waals surface area (Å²) in [4.78, 5) is 4.61. The van der Waals surface area contributed by atoms with Crippen LogP contribution in [0.3, 0.4) is 0 Å². The Kier molecular flexibility index (Phi) is 3.38. The van der Waals surface area contributed by atoms with Crippen LogP contribution in [0.2, 0.25) is 8.67 Å². The van der Waals surface area contributed by atoms with E-state index in [1.165, 1.54) is 18.4 Å². The molecule has 66 valence electrons. The number of oxime groups is 1. The van der Waals surface area contributed by atoms with Gasteiger partial charge in [0.2, 0.25) is 0 Å². The van der Waals surface area contributed by atoms with Gasteiger partial charge in [-0.25, -0.2) is 0 Å². The molecule has 0 amide bonds. The third-order valence-electron chi connectivity index (χ3n) is 1.27. The minimum Gasteiger partial charge on any atom is -0.399 e. The summed E-state index contributed by atoms with van der Waals surface area (Å²) >= 11 is 12.9. The maximum Gasteiger partial charge on any atom is 0.106 e. The molecule has 1 heterocycles. The molecule has 0 atom stereocenters. The first-order valence-electron chi connectivity index (χ1n) is 3.18. The van der Waals surface area contributed by atoms with Gasteiger partial charge in [-0.3, -0.25) is 0 Å². The summed E-state index contributed by atoms with van der Waals surface area (Å²) in [7, 11) is 1.49. The van der Waals surface area contributed by atoms with Crippen LogP contribution in [0.1, 0.15) is 12.5 Å². The maximum atomic E-state index is 5.87. The highest BCUT2D eigenvalue weighted by atomic mass is 35.5. The summed E-state index contributed by atoms with van der Waals surface area (Å²) in [6.45, 7) is 1.81. The quantitative estimate of drug-likeness (QED) is 0.557. The molecule has 0 N–H and O–H groups in total. The van der Waals surface area contributed by atoms with Crippen molar-refractivity contribution in [2.24, 2.45) is 5.16 Å². The lowest BCUT2D eigenvalue weighted by atomic mass is 10.2. The van der Waals surface area contributed by atoms with E-state index in [1.54, 1.807) is 6.07 Å². The molecule has 0 saturated carbocycles. The number of halogens is 2. The number of nitrogens with zero attached hydrogens (tertiary/aromatic N) is 1. The normalized spacial score (nSPS) is 11.8. The second-order valence-electron chi connectivity index (χ2n) is 2.10. The predicted molar refractivity (Wildman–Crippen MR) is 53.6 cm³/mol. The highest BCUT2D eigenvalue weighted by Gasteiger charge is 2.08. The van der Waals surface area contributed by atoms with E-state index < -0.39 is 0 Å². The van der Waals surface area contributed by atoms with Crippen molar-refractivity contribution >= 4 is 40.3 Å². The van der Waals surface area contributed by atoms with Gasteiger partial charge in [-0.1, -0.05) is 28.4 Å². The third-order valence-corrected chi connectivity index (χ3v) is 2.76. The van der Waals surface area contributed by atoms with Crippen LogP contribution in [0.15, 0.2) is 11.2 Å². The molecule has 5 heteroatoms. The fraction of sp³-hybridized carbons (Fsp3) is 0.286. The fourth-order valence-electron chi connectivity index (χ4n) is 0.773. The predicted octanol–water partition coefficient (Wildman–Crippen LogP) is 3.43. The van der Waals surface area contributed by atoms with Gasteiger partial charge in [0.15, 0.2) is 0 Å². The number of hydrogen-bond acceptors (Lipinski definition) is 3. The second kappa shape index (κ2) is 4.12. The highest BCUT2D eigenvalue weighted by Crippen LogP contribution is 2.31. The van der Waals surface area contributed by atoms with E-state index in [4.69, 9.17) is 23.2 Å². The van der Waals surface area contributed by atoms with Gasteiger partial charge in [0, 0.05) is 5.56 Å². The zero-order valence-corrected chi connectivity index (χ0v) is 8.93. The first kappa shape index (κ1) is 9.84. The third kappa shape index (κ3) is 2.12. The van der Waals surface area contributed by atoms with Gasteiger partial charge in [0.25, 0.3) is 0 Å². The van der Waals surface area contributed by atoms with E-state index in [1.807, 2.05) is 6.92 Å². The van der Waals surface area contributed by atoms with Crippen molar-refractivity contribution in [3.05, 3.63) is 20.3 Å². The summed E-state index contributed by atoms with van der Waals surface area (Å²) in [5, 5.41) is 3.75. The molecule has 1 aromatic rings. The lowest BCUT2D eigenvalue weighted by molar-refractivity contribution is 0.213. The van der Waals surface area contributed by atoms with Crippen molar-refractivity contribution in [3.63, 3.8) is 0 Å². The summed E-state index contributed by atoms with van der Waals surface area (Å²) in [6.07, 6.45) is 0. The first-order valence-corrected chi connectivity index (χ1v) is 4.75. The Balaban J connectivity index is 3.02. The van der Waals surface area contributed by atoms with Crippen molar-refractivity contribution in [2.45, 2.75) is 6.92 Å². The Hall–Kier alpha value is -0.250. The molecule has 0 saturated heterocycles. The average Bonchev–Trinajstić information content (AvgIpc) is 2.30. The Morgan fingerprint density at radius 3 is 2.67 bits per heavy atom. The number of rotatable bonds is 2. The molecule has 1 rings (SSSR count). The fourth-order valence-corrected chi connectivity index (χ4v) is 2.34. The lowest BCUT2D eigenvalue weighted by Crippen LogP contribution is -1.92. The zero-order chi connectivity index (χ0) is 9.14. The summed E-state index contributed by atoms with van der Waals surface area (Å²) in [6, 6.07) is 1.77. The molecule has 12 heavy (non-hydrogen) atoms. The number of hydrogen-bond donors (Lipinski definition) is 0. The van der Waals surface area contributed by atoms with E-state index in [0.717, 1.165) is 11.3 Å². The van der Waals surface area contributed by atoms with Crippen LogP contribution in [0.25, 0.3) is 0 Å². The maximum absolute atomic E-state index is 5.87. The van der Waals surface area contributed by atoms with E-state index >= 15 is 0 Å². The molecule has 0 aliphatic carbocycles. The van der Waals surface area contributed by atoms with Crippen molar-refractivity contribution in [2.75, 3.05) is 7.11 Å². The Bertz CT molecular complexity index is 308. The van der Waals surface area contributed by atoms with Crippen LogP contribution in [-0.4, -0.2) is 12.8 Å². The van der Waals surface area contributed by atoms with Crippen LogP contribution < -0.4 is 0 Å². The lowest BCUT2D eigenvalue weighted by Gasteiger charge is -1.94. The van der Waals surface area contributed by atoms with E-state index in [9.17, 15) is 0 Å². The van der Waals surface area contributed by atoms with E-state index in [2.05, 4.69) is 9.99 Å². The minimum atomic E-state index is 0.637. The molecule has 0 fully saturated rings. The van der Waals surface area contributed by atoms with E-state index in [-0.39, 0.29) is 0 Å². The standard InChI is InChI=1S/C7H7Cl2NOS/c1-4(10-11-2)5-3-6(8)12-7(5)9/h3H,1-2H3/b10-4-. The Morgan fingerprint density at radius 1 is 1.58 bits per heavy atom. The van der Waals surface area contributed by atoms with Gasteiger partial charge < -0.3 is 4.84 Å². The van der Waals surface area contributed by atoms with Crippen LogP contribution >= 0.6 is 34.5 Å². The van der Waals surface area contributed by atoms with Gasteiger partial charge in [0.1, 0.15) is 11.4 Å². The van der Waals surface area contributed by atoms with Crippen LogP contribution in [-0.2, 0) is 4.84 Å². The molecular formula is C7H7Cl2NOS. The van der Waals surface area contributed by atoms with Gasteiger partial charge in [-0.15, -0.1) is 11.3 Å². The molecule has 0 aliphatic rings. The van der Waals surface area contributed by atoms with Gasteiger partial charge in [-0.05, 0) is 13.0 Å². The highest BCUT2D eigenvalue weighted by molar-refractivity contribution is 7.20. The molecule has 0 spiro atoms. The van der Waals surface area contributed by atoms with Crippen LogP contribution in [0.4, 0.5) is 0 Å². The molecule has 2 nitrogen and oxygen atoms in total. The molecule has 0 radical (unpaired) electrons. The molecule has 0 aromatic carbocycles. The van der Waals surface area contributed by atoms with E-state index in [0.29, 0.717) is 8.67 Å². The van der Waals surface area contributed by atoms with Crippen molar-refractivity contribution < 1.29 is 4.84 Å². The summed E-state index contributed by atoms with van der Waals surface area (Å²) in [5.74, 6) is 0. The minimum absolute atomic E-state index is 0.637. The Labute approximate surface area is 84.7 Å². The summed E-state index contributed by atoms with van der Waals surface area (Å²) < 4.78 is 1.29. The SMILES string of the molecule is CO/N=C(/C)c1cc(Cl)sc1Cl. The van der Waals surface area contributed by atoms with Gasteiger partial charge in [-0.2, -0.15) is 0 Å². The Morgan fingerprint density at radius 2 is 2.25 bits per heavy atom. The first-order chi connectivity index (χ1) is 5.65. The summed E-state index contributed by atoms with van der Waals surface area (Å²) in [5.41, 5.74) is 1.55. The second-order valence-corrected chi connectivity index (χ2v) is 4.38. The monoisotopic (exact) mass is 223 g/mol. The van der Waals surface area contributed by atoms with Crippen molar-refractivity contribution in [1.82, 2.24) is 0 Å². The number of thiophene rings is 1. The van der Waals surface area contributed by atoms with Crippen LogP contribution in [0, 0.1) is 0 Å². The topological polar surface area (TPSA) is 21.6 Å². The molecule has 0 unspecified atom stereocenters. The van der Waals surface area contributed by atoms with Crippen molar-refractivity contribution in [3.8, 4) is 0 Å². The molecule has 0 bridgehead atoms. The van der Waals surface area contributed by atoms with Crippen LogP contribution in [0.5, 0.6) is 0 Å².